The molecule has 0 saturated heterocycles. The van der Waals surface area contributed by atoms with Crippen molar-refractivity contribution in [2.24, 2.45) is 0 Å². The molecule has 0 aliphatic carbocycles. The van der Waals surface area contributed by atoms with E-state index in [2.05, 4.69) is 32.0 Å². The maximum atomic E-state index is 12.8. The Morgan fingerprint density at radius 2 is 1.73 bits per heavy atom. The van der Waals surface area contributed by atoms with Gasteiger partial charge in [-0.3, -0.25) is 10.1 Å². The molecular weight excluding hydrogens is 398 g/mol. The molecule has 1 aromatic carbocycles. The molecule has 2 heterocycles. The van der Waals surface area contributed by atoms with Crippen molar-refractivity contribution in [2.45, 2.75) is 24.6 Å². The third-order valence-corrected chi connectivity index (χ3v) is 5.24. The van der Waals surface area contributed by atoms with Crippen LogP contribution < -0.4 is 16.0 Å². The molecule has 8 heteroatoms. The molecule has 30 heavy (non-hydrogen) atoms. The summed E-state index contributed by atoms with van der Waals surface area (Å²) in [6.07, 6.45) is 3.30. The first-order valence-corrected chi connectivity index (χ1v) is 10.3. The van der Waals surface area contributed by atoms with Gasteiger partial charge in [0.05, 0.1) is 5.56 Å². The van der Waals surface area contributed by atoms with E-state index in [-0.39, 0.29) is 11.9 Å². The van der Waals surface area contributed by atoms with Crippen molar-refractivity contribution in [1.82, 2.24) is 15.3 Å². The van der Waals surface area contributed by atoms with Gasteiger partial charge in [-0.25, -0.2) is 14.8 Å². The van der Waals surface area contributed by atoms with Crippen LogP contribution in [0.2, 0.25) is 0 Å². The van der Waals surface area contributed by atoms with Gasteiger partial charge in [0.25, 0.3) is 5.91 Å². The molecule has 7 nitrogen and oxygen atoms in total. The number of nitrogens with one attached hydrogen (secondary N) is 3. The van der Waals surface area contributed by atoms with Crippen molar-refractivity contribution in [3.8, 4) is 0 Å². The van der Waals surface area contributed by atoms with Crippen LogP contribution in [0.15, 0.2) is 59.9 Å². The lowest BCUT2D eigenvalue weighted by Crippen LogP contribution is -2.24. The topological polar surface area (TPSA) is 96.0 Å². The quantitative estimate of drug-likeness (QED) is 0.513. The number of rotatable bonds is 6. The molecule has 0 atom stereocenters. The molecule has 3 aromatic rings. The van der Waals surface area contributed by atoms with Crippen LogP contribution in [0.3, 0.4) is 0 Å². The number of thioether (sulfide) groups is 1. The molecule has 0 unspecified atom stereocenters. The largest absolute Gasteiger partial charge is 0.341 e. The number of hydrogen-bond donors (Lipinski definition) is 3. The van der Waals surface area contributed by atoms with E-state index in [9.17, 15) is 9.59 Å². The van der Waals surface area contributed by atoms with Crippen LogP contribution in [-0.4, -0.2) is 29.0 Å². The number of aromatic nitrogens is 2. The highest BCUT2D eigenvalue weighted by Gasteiger charge is 2.14. The molecule has 0 spiro atoms. The summed E-state index contributed by atoms with van der Waals surface area (Å²) < 4.78 is 0. The van der Waals surface area contributed by atoms with Crippen molar-refractivity contribution in [2.75, 3.05) is 17.7 Å². The Morgan fingerprint density at radius 1 is 0.967 bits per heavy atom. The van der Waals surface area contributed by atoms with Crippen molar-refractivity contribution in [3.63, 3.8) is 0 Å². The highest BCUT2D eigenvalue weighted by atomic mass is 32.2. The molecule has 2 aromatic heterocycles. The number of pyridine rings is 2. The number of amides is 3. The van der Waals surface area contributed by atoms with Gasteiger partial charge >= 0.3 is 6.03 Å². The number of urea groups is 1. The van der Waals surface area contributed by atoms with Gasteiger partial charge in [0.2, 0.25) is 0 Å². The summed E-state index contributed by atoms with van der Waals surface area (Å²) in [4.78, 5) is 32.8. The van der Waals surface area contributed by atoms with Crippen molar-refractivity contribution < 1.29 is 9.59 Å². The highest BCUT2D eigenvalue weighted by Crippen LogP contribution is 2.26. The minimum atomic E-state index is -0.331. The average molecular weight is 422 g/mol. The first-order valence-electron chi connectivity index (χ1n) is 9.35. The van der Waals surface area contributed by atoms with Crippen LogP contribution in [0.5, 0.6) is 0 Å². The molecule has 3 rings (SSSR count). The summed E-state index contributed by atoms with van der Waals surface area (Å²) in [6.45, 7) is 3.99. The van der Waals surface area contributed by atoms with Crippen LogP contribution in [0.1, 0.15) is 27.0 Å². The number of hydrogen-bond acceptors (Lipinski definition) is 5. The molecule has 0 aliphatic heterocycles. The first-order chi connectivity index (χ1) is 14.4. The second kappa shape index (κ2) is 9.89. The van der Waals surface area contributed by atoms with Crippen molar-refractivity contribution in [1.29, 1.82) is 0 Å². The Kier molecular flexibility index (Phi) is 7.03. The maximum absolute atomic E-state index is 12.8. The zero-order valence-corrected chi connectivity index (χ0v) is 17.8. The second-order valence-corrected chi connectivity index (χ2v) is 7.69. The monoisotopic (exact) mass is 421 g/mol. The highest BCUT2D eigenvalue weighted by molar-refractivity contribution is 7.98. The number of benzene rings is 1. The normalized spacial score (nSPS) is 10.4. The minimum absolute atomic E-state index is 0.202. The number of nitrogens with zero attached hydrogens (tertiary/aromatic N) is 2. The fraction of sp³-hybridized carbons (Fsp3) is 0.182. The fourth-order valence-corrected chi connectivity index (χ4v) is 3.82. The van der Waals surface area contributed by atoms with Gasteiger partial charge in [0.15, 0.2) is 0 Å². The lowest BCUT2D eigenvalue weighted by Gasteiger charge is -2.11. The van der Waals surface area contributed by atoms with E-state index in [1.54, 1.807) is 37.6 Å². The van der Waals surface area contributed by atoms with E-state index in [0.29, 0.717) is 22.2 Å². The Morgan fingerprint density at radius 3 is 2.47 bits per heavy atom. The molecule has 154 valence electrons. The summed E-state index contributed by atoms with van der Waals surface area (Å²) in [5.74, 6) is 0.833. The van der Waals surface area contributed by atoms with Gasteiger partial charge in [-0.2, -0.15) is 0 Å². The van der Waals surface area contributed by atoms with Crippen LogP contribution >= 0.6 is 11.8 Å². The van der Waals surface area contributed by atoms with Crippen molar-refractivity contribution in [3.05, 3.63) is 77.1 Å². The lowest BCUT2D eigenvalue weighted by atomic mass is 10.1. The average Bonchev–Trinajstić information content (AvgIpc) is 2.72. The van der Waals surface area contributed by atoms with Crippen molar-refractivity contribution >= 4 is 35.2 Å². The van der Waals surface area contributed by atoms with Gasteiger partial charge in [-0.1, -0.05) is 6.07 Å². The Balaban J connectivity index is 1.72. The predicted octanol–water partition coefficient (Wildman–Crippen LogP) is 4.39. The second-order valence-electron chi connectivity index (χ2n) is 6.73. The smallest absolute Gasteiger partial charge is 0.320 e. The third kappa shape index (κ3) is 5.81. The molecule has 0 fully saturated rings. The van der Waals surface area contributed by atoms with Crippen LogP contribution in [-0.2, 0) is 5.75 Å². The molecule has 0 aliphatic rings. The Hall–Kier alpha value is -3.39. The third-order valence-electron chi connectivity index (χ3n) is 4.16. The van der Waals surface area contributed by atoms with Crippen LogP contribution in [0.4, 0.5) is 16.3 Å². The minimum Gasteiger partial charge on any atom is -0.341 e. The van der Waals surface area contributed by atoms with E-state index in [4.69, 9.17) is 0 Å². The van der Waals surface area contributed by atoms with E-state index < -0.39 is 0 Å². The van der Waals surface area contributed by atoms with Gasteiger partial charge < -0.3 is 10.6 Å². The van der Waals surface area contributed by atoms with Crippen LogP contribution in [0.25, 0.3) is 0 Å². The number of anilines is 2. The van der Waals surface area contributed by atoms with Gasteiger partial charge in [0.1, 0.15) is 10.8 Å². The number of carbonyl (C=O) groups is 2. The zero-order chi connectivity index (χ0) is 21.5. The first kappa shape index (κ1) is 21.3. The van der Waals surface area contributed by atoms with Gasteiger partial charge in [-0.05, 0) is 66.9 Å². The van der Waals surface area contributed by atoms with Crippen LogP contribution in [0, 0.1) is 13.8 Å². The van der Waals surface area contributed by atoms with E-state index in [1.807, 2.05) is 32.0 Å². The molecule has 0 bridgehead atoms. The van der Waals surface area contributed by atoms with E-state index in [1.165, 1.54) is 11.8 Å². The molecule has 0 radical (unpaired) electrons. The summed E-state index contributed by atoms with van der Waals surface area (Å²) in [5, 5.41) is 8.73. The molecule has 0 saturated carbocycles. The molecule has 3 N–H and O–H groups in total. The van der Waals surface area contributed by atoms with E-state index in [0.717, 1.165) is 22.4 Å². The standard InChI is InChI=1S/C22H23N5O2S/c1-14-9-15(2)11-17(10-14)26-20(28)18-5-4-7-25-21(18)30-13-16-6-8-24-19(12-16)27-22(29)23-3/h4-12H,13H2,1-3H3,(H,26,28)(H2,23,24,27,29). The maximum Gasteiger partial charge on any atom is 0.320 e. The van der Waals surface area contributed by atoms with E-state index >= 15 is 0 Å². The lowest BCUT2D eigenvalue weighted by molar-refractivity contribution is 0.102. The molecule has 3 amide bonds. The Bertz CT molecular complexity index is 1050. The number of aryl methyl sites for hydroxylation is 2. The number of carbonyl (C=O) groups excluding carboxylic acids is 2. The zero-order valence-electron chi connectivity index (χ0n) is 17.0. The predicted molar refractivity (Wildman–Crippen MR) is 120 cm³/mol. The summed E-state index contributed by atoms with van der Waals surface area (Å²) in [6, 6.07) is 12.8. The summed E-state index contributed by atoms with van der Waals surface area (Å²) >= 11 is 1.45. The Labute approximate surface area is 179 Å². The summed E-state index contributed by atoms with van der Waals surface area (Å²) in [7, 11) is 1.54. The SMILES string of the molecule is CNC(=O)Nc1cc(CSc2ncccc2C(=O)Nc2cc(C)cc(C)c2)ccn1. The van der Waals surface area contributed by atoms with Gasteiger partial charge in [0, 0.05) is 30.9 Å². The van der Waals surface area contributed by atoms with Gasteiger partial charge in [-0.15, -0.1) is 11.8 Å². The molecular formula is C22H23N5O2S. The summed E-state index contributed by atoms with van der Waals surface area (Å²) in [5.41, 5.74) is 4.40. The fourth-order valence-electron chi connectivity index (χ4n) is 2.89.